The van der Waals surface area contributed by atoms with Gasteiger partial charge in [-0.3, -0.25) is 0 Å². The molecule has 1 aromatic rings. The molecule has 0 saturated heterocycles. The molecule has 18 heavy (non-hydrogen) atoms. The van der Waals surface area contributed by atoms with Crippen LogP contribution in [0.5, 0.6) is 0 Å². The van der Waals surface area contributed by atoms with Gasteiger partial charge in [0.05, 0.1) is 17.9 Å². The molecule has 0 radical (unpaired) electrons. The van der Waals surface area contributed by atoms with Crippen molar-refractivity contribution in [1.29, 1.82) is 0 Å². The molecule has 0 amide bonds. The number of aryl methyl sites for hydroxylation is 1. The highest BCUT2D eigenvalue weighted by molar-refractivity contribution is 5.03. The Labute approximate surface area is 111 Å². The van der Waals surface area contributed by atoms with E-state index in [-0.39, 0.29) is 0 Å². The summed E-state index contributed by atoms with van der Waals surface area (Å²) in [6, 6.07) is 0.353. The molecule has 4 heteroatoms. The molecule has 1 unspecified atom stereocenters. The van der Waals surface area contributed by atoms with Crippen LogP contribution in [0.2, 0.25) is 0 Å². The largest absolute Gasteiger partial charge is 0.309 e. The summed E-state index contributed by atoms with van der Waals surface area (Å²) in [7, 11) is 0. The van der Waals surface area contributed by atoms with Gasteiger partial charge in [-0.05, 0) is 31.2 Å². The van der Waals surface area contributed by atoms with E-state index in [1.165, 1.54) is 5.69 Å². The minimum atomic E-state index is 0.298. The fourth-order valence-electron chi connectivity index (χ4n) is 2.13. The normalized spacial score (nSPS) is 13.8. The van der Waals surface area contributed by atoms with E-state index in [9.17, 15) is 0 Å². The van der Waals surface area contributed by atoms with Crippen LogP contribution in [0.15, 0.2) is 6.20 Å². The Morgan fingerprint density at radius 1 is 1.28 bits per heavy atom. The van der Waals surface area contributed by atoms with Crippen LogP contribution < -0.4 is 5.32 Å². The van der Waals surface area contributed by atoms with E-state index in [0.29, 0.717) is 11.5 Å². The molecule has 0 aliphatic rings. The van der Waals surface area contributed by atoms with E-state index in [1.807, 2.05) is 10.9 Å². The monoisotopic (exact) mass is 252 g/mol. The van der Waals surface area contributed by atoms with Crippen molar-refractivity contribution >= 4 is 0 Å². The van der Waals surface area contributed by atoms with Crippen molar-refractivity contribution in [3.8, 4) is 0 Å². The minimum Gasteiger partial charge on any atom is -0.309 e. The Morgan fingerprint density at radius 3 is 2.56 bits per heavy atom. The van der Waals surface area contributed by atoms with Crippen molar-refractivity contribution in [2.45, 2.75) is 66.5 Å². The van der Waals surface area contributed by atoms with Gasteiger partial charge in [-0.25, -0.2) is 4.68 Å². The first-order valence-electron chi connectivity index (χ1n) is 7.09. The third-order valence-corrected chi connectivity index (χ3v) is 2.90. The number of hydrogen-bond donors (Lipinski definition) is 1. The Hall–Kier alpha value is -0.900. The zero-order chi connectivity index (χ0) is 13.6. The summed E-state index contributed by atoms with van der Waals surface area (Å²) in [5.74, 6) is 0. The Balaban J connectivity index is 2.83. The highest BCUT2D eigenvalue weighted by Crippen LogP contribution is 2.29. The van der Waals surface area contributed by atoms with Crippen molar-refractivity contribution in [3.05, 3.63) is 11.9 Å². The molecule has 0 bridgehead atoms. The number of nitrogens with one attached hydrogen (secondary N) is 1. The van der Waals surface area contributed by atoms with Gasteiger partial charge in [0.2, 0.25) is 0 Å². The molecular formula is C14H28N4. The molecule has 1 rings (SSSR count). The van der Waals surface area contributed by atoms with Gasteiger partial charge in [-0.1, -0.05) is 39.8 Å². The third-order valence-electron chi connectivity index (χ3n) is 2.90. The van der Waals surface area contributed by atoms with Gasteiger partial charge in [0.1, 0.15) is 0 Å². The van der Waals surface area contributed by atoms with E-state index < -0.39 is 0 Å². The number of nitrogens with zero attached hydrogens (tertiary/aromatic N) is 3. The van der Waals surface area contributed by atoms with E-state index in [0.717, 1.165) is 32.4 Å². The van der Waals surface area contributed by atoms with Crippen LogP contribution in [0.25, 0.3) is 0 Å². The Bertz CT molecular complexity index is 338. The van der Waals surface area contributed by atoms with Crippen LogP contribution in [-0.4, -0.2) is 21.5 Å². The van der Waals surface area contributed by atoms with E-state index >= 15 is 0 Å². The van der Waals surface area contributed by atoms with Gasteiger partial charge in [0, 0.05) is 6.54 Å². The fourth-order valence-corrected chi connectivity index (χ4v) is 2.13. The number of aromatic nitrogens is 3. The molecular weight excluding hydrogens is 224 g/mol. The molecule has 104 valence electrons. The second kappa shape index (κ2) is 6.88. The second-order valence-corrected chi connectivity index (χ2v) is 6.15. The van der Waals surface area contributed by atoms with Crippen LogP contribution >= 0.6 is 0 Å². The van der Waals surface area contributed by atoms with Gasteiger partial charge in [-0.15, -0.1) is 5.10 Å². The number of rotatable bonds is 7. The first-order valence-corrected chi connectivity index (χ1v) is 7.09. The average molecular weight is 252 g/mol. The Morgan fingerprint density at radius 2 is 2.00 bits per heavy atom. The predicted molar refractivity (Wildman–Crippen MR) is 75.4 cm³/mol. The summed E-state index contributed by atoms with van der Waals surface area (Å²) >= 11 is 0. The summed E-state index contributed by atoms with van der Waals surface area (Å²) in [5.41, 5.74) is 1.52. The maximum atomic E-state index is 4.19. The smallest absolute Gasteiger partial charge is 0.0756 e. The van der Waals surface area contributed by atoms with Gasteiger partial charge < -0.3 is 5.32 Å². The lowest BCUT2D eigenvalue weighted by molar-refractivity contribution is 0.300. The van der Waals surface area contributed by atoms with Crippen LogP contribution in [0.4, 0.5) is 0 Å². The summed E-state index contributed by atoms with van der Waals surface area (Å²) < 4.78 is 2.04. The second-order valence-electron chi connectivity index (χ2n) is 6.15. The fraction of sp³-hybridized carbons (Fsp3) is 0.857. The Kier molecular flexibility index (Phi) is 5.79. The lowest BCUT2D eigenvalue weighted by atomic mass is 9.87. The molecule has 0 spiro atoms. The van der Waals surface area contributed by atoms with Crippen molar-refractivity contribution < 1.29 is 0 Å². The van der Waals surface area contributed by atoms with Crippen molar-refractivity contribution in [2.24, 2.45) is 5.41 Å². The molecule has 0 saturated carbocycles. The zero-order valence-electron chi connectivity index (χ0n) is 12.5. The predicted octanol–water partition coefficient (Wildman–Crippen LogP) is 3.17. The molecule has 0 fully saturated rings. The molecule has 0 aliphatic carbocycles. The lowest BCUT2D eigenvalue weighted by Crippen LogP contribution is -2.28. The maximum absolute atomic E-state index is 4.19. The molecule has 1 atom stereocenters. The number of hydrogen-bond acceptors (Lipinski definition) is 3. The minimum absolute atomic E-state index is 0.298. The first kappa shape index (κ1) is 15.2. The molecule has 0 aromatic carbocycles. The van der Waals surface area contributed by atoms with E-state index in [2.05, 4.69) is 50.2 Å². The lowest BCUT2D eigenvalue weighted by Gasteiger charge is -2.27. The summed E-state index contributed by atoms with van der Waals surface area (Å²) in [4.78, 5) is 0. The first-order chi connectivity index (χ1) is 8.48. The zero-order valence-corrected chi connectivity index (χ0v) is 12.5. The molecule has 1 aromatic heterocycles. The van der Waals surface area contributed by atoms with Gasteiger partial charge in [-0.2, -0.15) is 0 Å². The van der Waals surface area contributed by atoms with Gasteiger partial charge >= 0.3 is 0 Å². The van der Waals surface area contributed by atoms with Crippen LogP contribution in [-0.2, 0) is 6.54 Å². The summed E-state index contributed by atoms with van der Waals surface area (Å²) in [6.45, 7) is 13.2. The van der Waals surface area contributed by atoms with Crippen molar-refractivity contribution in [3.63, 3.8) is 0 Å². The van der Waals surface area contributed by atoms with Crippen LogP contribution in [0.1, 0.15) is 65.6 Å². The molecule has 4 nitrogen and oxygen atoms in total. The van der Waals surface area contributed by atoms with E-state index in [4.69, 9.17) is 0 Å². The van der Waals surface area contributed by atoms with Gasteiger partial charge in [0.15, 0.2) is 0 Å². The SMILES string of the molecule is CCCNC(CC(C)(C)C)c1cnnn1CCC. The summed E-state index contributed by atoms with van der Waals surface area (Å²) in [6.07, 6.45) is 5.25. The van der Waals surface area contributed by atoms with E-state index in [1.54, 1.807) is 0 Å². The quantitative estimate of drug-likeness (QED) is 0.810. The molecule has 0 aliphatic heterocycles. The molecule has 1 heterocycles. The third kappa shape index (κ3) is 4.77. The van der Waals surface area contributed by atoms with Crippen LogP contribution in [0, 0.1) is 5.41 Å². The van der Waals surface area contributed by atoms with Gasteiger partial charge in [0.25, 0.3) is 0 Å². The highest BCUT2D eigenvalue weighted by atomic mass is 15.4. The topological polar surface area (TPSA) is 42.7 Å². The van der Waals surface area contributed by atoms with Crippen molar-refractivity contribution in [2.75, 3.05) is 6.54 Å². The van der Waals surface area contributed by atoms with Crippen LogP contribution in [0.3, 0.4) is 0 Å². The van der Waals surface area contributed by atoms with Crippen molar-refractivity contribution in [1.82, 2.24) is 20.3 Å². The summed E-state index contributed by atoms with van der Waals surface area (Å²) in [5, 5.41) is 11.9. The molecule has 1 N–H and O–H groups in total. The highest BCUT2D eigenvalue weighted by Gasteiger charge is 2.22. The average Bonchev–Trinajstić information content (AvgIpc) is 2.71. The maximum Gasteiger partial charge on any atom is 0.0756 e. The standard InChI is InChI=1S/C14H28N4/c1-6-8-15-12(10-14(3,4)5)13-11-16-17-18(13)9-7-2/h11-12,15H,6-10H2,1-5H3.